The minimum Gasteiger partial charge on any atom is -0.446 e. The molecule has 1 aliphatic heterocycles. The van der Waals surface area contributed by atoms with Crippen LogP contribution < -0.4 is 5.32 Å². The van der Waals surface area contributed by atoms with Crippen LogP contribution in [-0.2, 0) is 14.3 Å². The van der Waals surface area contributed by atoms with Gasteiger partial charge in [0.1, 0.15) is 6.04 Å². The van der Waals surface area contributed by atoms with E-state index in [0.29, 0.717) is 12.0 Å². The fraction of sp³-hybridized carbons (Fsp3) is 0.222. The molecule has 1 aliphatic rings. The molecule has 1 heterocycles. The second-order valence-electron chi connectivity index (χ2n) is 5.24. The van der Waals surface area contributed by atoms with Gasteiger partial charge in [0.2, 0.25) is 6.10 Å². The van der Waals surface area contributed by atoms with Crippen LogP contribution in [0.3, 0.4) is 0 Å². The maximum absolute atomic E-state index is 12.2. The summed E-state index contributed by atoms with van der Waals surface area (Å²) in [4.78, 5) is 25.5. The molecule has 1 amide bonds. The molecule has 0 saturated carbocycles. The predicted octanol–water partition coefficient (Wildman–Crippen LogP) is 2.95. The van der Waals surface area contributed by atoms with Gasteiger partial charge >= 0.3 is 5.97 Å². The number of ether oxygens (including phenoxy) is 1. The van der Waals surface area contributed by atoms with Gasteiger partial charge in [-0.3, -0.25) is 4.79 Å². The van der Waals surface area contributed by atoms with Crippen molar-refractivity contribution in [2.24, 2.45) is 0 Å². The summed E-state index contributed by atoms with van der Waals surface area (Å²) < 4.78 is 5.34. The van der Waals surface area contributed by atoms with Gasteiger partial charge in [-0.1, -0.05) is 48.5 Å². The largest absolute Gasteiger partial charge is 0.446 e. The zero-order valence-electron chi connectivity index (χ0n) is 12.5. The Balaban J connectivity index is 1.55. The molecule has 4 nitrogen and oxygen atoms in total. The van der Waals surface area contributed by atoms with Crippen molar-refractivity contribution >= 4 is 23.6 Å². The first-order valence-electron chi connectivity index (χ1n) is 7.48. The predicted molar refractivity (Wildman–Crippen MR) is 89.0 cm³/mol. The van der Waals surface area contributed by atoms with E-state index < -0.39 is 12.1 Å². The Morgan fingerprint density at radius 2 is 1.61 bits per heavy atom. The van der Waals surface area contributed by atoms with Crippen LogP contribution in [-0.4, -0.2) is 23.7 Å². The monoisotopic (exact) mass is 327 g/mol. The van der Waals surface area contributed by atoms with Crippen LogP contribution in [0.15, 0.2) is 65.6 Å². The first-order chi connectivity index (χ1) is 11.2. The number of thioether (sulfide) groups is 1. The van der Waals surface area contributed by atoms with Crippen LogP contribution in [0.4, 0.5) is 0 Å². The van der Waals surface area contributed by atoms with E-state index in [1.165, 1.54) is 0 Å². The fourth-order valence-corrected chi connectivity index (χ4v) is 3.35. The summed E-state index contributed by atoms with van der Waals surface area (Å²) >= 11 is 1.66. The number of carbonyl (C=O) groups is 2. The van der Waals surface area contributed by atoms with Crippen molar-refractivity contribution < 1.29 is 14.3 Å². The molecular formula is C18H17NO3S. The van der Waals surface area contributed by atoms with Gasteiger partial charge in [-0.05, 0) is 18.6 Å². The van der Waals surface area contributed by atoms with E-state index in [2.05, 4.69) is 5.32 Å². The van der Waals surface area contributed by atoms with Gasteiger partial charge in [0.15, 0.2) is 0 Å². The van der Waals surface area contributed by atoms with Crippen LogP contribution in [0, 0.1) is 0 Å². The standard InChI is InChI=1S/C18H17NO3S/c20-17-16(13-7-3-1-4-8-13)22-18(21)15(19-17)11-12-23-14-9-5-2-6-10-14/h1-10,15-16H,11-12H2,(H,19,20)/t15-,16+/m1/s1. The van der Waals surface area contributed by atoms with Crippen molar-refractivity contribution in [1.82, 2.24) is 5.32 Å². The Morgan fingerprint density at radius 1 is 0.957 bits per heavy atom. The maximum atomic E-state index is 12.2. The van der Waals surface area contributed by atoms with E-state index >= 15 is 0 Å². The number of benzene rings is 2. The van der Waals surface area contributed by atoms with Gasteiger partial charge in [0.25, 0.3) is 5.91 Å². The zero-order valence-corrected chi connectivity index (χ0v) is 13.3. The number of rotatable bonds is 5. The summed E-state index contributed by atoms with van der Waals surface area (Å²) in [7, 11) is 0. The van der Waals surface area contributed by atoms with Gasteiger partial charge in [-0.15, -0.1) is 11.8 Å². The van der Waals surface area contributed by atoms with Crippen molar-refractivity contribution in [2.45, 2.75) is 23.5 Å². The molecule has 0 bridgehead atoms. The maximum Gasteiger partial charge on any atom is 0.329 e. The lowest BCUT2D eigenvalue weighted by Crippen LogP contribution is -2.50. The highest BCUT2D eigenvalue weighted by molar-refractivity contribution is 7.99. The van der Waals surface area contributed by atoms with Crippen LogP contribution in [0.1, 0.15) is 18.1 Å². The molecule has 1 N–H and O–H groups in total. The number of hydrogen-bond donors (Lipinski definition) is 1. The van der Waals surface area contributed by atoms with E-state index in [1.807, 2.05) is 48.5 Å². The van der Waals surface area contributed by atoms with Crippen LogP contribution in [0.5, 0.6) is 0 Å². The minimum absolute atomic E-state index is 0.259. The van der Waals surface area contributed by atoms with Gasteiger partial charge < -0.3 is 10.1 Å². The van der Waals surface area contributed by atoms with Crippen molar-refractivity contribution in [2.75, 3.05) is 5.75 Å². The van der Waals surface area contributed by atoms with Crippen molar-refractivity contribution in [3.8, 4) is 0 Å². The molecule has 0 spiro atoms. The number of carbonyl (C=O) groups excluding carboxylic acids is 2. The average molecular weight is 327 g/mol. The van der Waals surface area contributed by atoms with E-state index in [4.69, 9.17) is 4.74 Å². The Kier molecular flexibility index (Phi) is 4.98. The summed E-state index contributed by atoms with van der Waals surface area (Å²) in [5, 5.41) is 2.77. The van der Waals surface area contributed by atoms with Crippen molar-refractivity contribution in [1.29, 1.82) is 0 Å². The Hall–Kier alpha value is -2.27. The number of amides is 1. The van der Waals surface area contributed by atoms with Crippen LogP contribution >= 0.6 is 11.8 Å². The second kappa shape index (κ2) is 7.33. The van der Waals surface area contributed by atoms with Gasteiger partial charge in [-0.2, -0.15) is 0 Å². The summed E-state index contributed by atoms with van der Waals surface area (Å²) in [6.07, 6.45) is -0.298. The molecule has 1 saturated heterocycles. The summed E-state index contributed by atoms with van der Waals surface area (Å²) in [6, 6.07) is 18.4. The smallest absolute Gasteiger partial charge is 0.329 e. The first kappa shape index (κ1) is 15.6. The average Bonchev–Trinajstić information content (AvgIpc) is 2.59. The molecule has 0 unspecified atom stereocenters. The summed E-state index contributed by atoms with van der Waals surface area (Å²) in [6.45, 7) is 0. The normalized spacial score (nSPS) is 20.7. The fourth-order valence-electron chi connectivity index (χ4n) is 2.41. The second-order valence-corrected chi connectivity index (χ2v) is 6.41. The Labute approximate surface area is 139 Å². The number of nitrogens with one attached hydrogen (secondary N) is 1. The SMILES string of the molecule is O=C1N[C@H](CCSc2ccccc2)C(=O)O[C@H]1c1ccccc1. The topological polar surface area (TPSA) is 55.4 Å². The third-order valence-corrected chi connectivity index (χ3v) is 4.64. The summed E-state index contributed by atoms with van der Waals surface area (Å²) in [5.74, 6) is 0.109. The summed E-state index contributed by atoms with van der Waals surface area (Å²) in [5.41, 5.74) is 0.690. The lowest BCUT2D eigenvalue weighted by molar-refractivity contribution is -0.166. The third-order valence-electron chi connectivity index (χ3n) is 3.59. The van der Waals surface area contributed by atoms with Gasteiger partial charge in [0, 0.05) is 16.2 Å². The number of cyclic esters (lactones) is 1. The Morgan fingerprint density at radius 3 is 2.30 bits per heavy atom. The molecule has 3 rings (SSSR count). The number of hydrogen-bond acceptors (Lipinski definition) is 4. The van der Waals surface area contributed by atoms with E-state index in [9.17, 15) is 9.59 Å². The lowest BCUT2D eigenvalue weighted by Gasteiger charge is -2.28. The number of esters is 1. The molecule has 2 aromatic carbocycles. The van der Waals surface area contributed by atoms with Crippen LogP contribution in [0.2, 0.25) is 0 Å². The molecule has 0 aliphatic carbocycles. The van der Waals surface area contributed by atoms with Crippen molar-refractivity contribution in [3.63, 3.8) is 0 Å². The molecule has 2 aromatic rings. The first-order valence-corrected chi connectivity index (χ1v) is 8.46. The molecule has 23 heavy (non-hydrogen) atoms. The third kappa shape index (κ3) is 3.93. The highest BCUT2D eigenvalue weighted by Crippen LogP contribution is 2.24. The molecule has 0 aromatic heterocycles. The van der Waals surface area contributed by atoms with E-state index in [0.717, 1.165) is 10.6 Å². The van der Waals surface area contributed by atoms with Crippen LogP contribution in [0.25, 0.3) is 0 Å². The molecule has 1 fully saturated rings. The van der Waals surface area contributed by atoms with Crippen molar-refractivity contribution in [3.05, 3.63) is 66.2 Å². The lowest BCUT2D eigenvalue weighted by atomic mass is 10.1. The molecular weight excluding hydrogens is 310 g/mol. The molecule has 0 radical (unpaired) electrons. The quantitative estimate of drug-likeness (QED) is 0.678. The molecule has 2 atom stereocenters. The minimum atomic E-state index is -0.846. The Bertz CT molecular complexity index is 675. The van der Waals surface area contributed by atoms with E-state index in [-0.39, 0.29) is 11.9 Å². The highest BCUT2D eigenvalue weighted by atomic mass is 32.2. The highest BCUT2D eigenvalue weighted by Gasteiger charge is 2.36. The molecule has 118 valence electrons. The molecule has 5 heteroatoms. The van der Waals surface area contributed by atoms with E-state index in [1.54, 1.807) is 23.9 Å². The van der Waals surface area contributed by atoms with Gasteiger partial charge in [-0.25, -0.2) is 4.79 Å². The zero-order chi connectivity index (χ0) is 16.1. The number of morpholine rings is 1. The van der Waals surface area contributed by atoms with Gasteiger partial charge in [0.05, 0.1) is 0 Å².